The lowest BCUT2D eigenvalue weighted by Gasteiger charge is -2.01. The molecule has 0 radical (unpaired) electrons. The Labute approximate surface area is 133 Å². The Morgan fingerprint density at radius 1 is 1.24 bits per heavy atom. The number of sulfone groups is 1. The van der Waals surface area contributed by atoms with Gasteiger partial charge in [-0.3, -0.25) is 0 Å². The highest BCUT2D eigenvalue weighted by Gasteiger charge is 2.19. The van der Waals surface area contributed by atoms with Crippen molar-refractivity contribution in [2.24, 2.45) is 0 Å². The number of hydrogen-bond donors (Lipinski definition) is 0. The Balaban J connectivity index is 2.05. The molecule has 2 aromatic rings. The van der Waals surface area contributed by atoms with Crippen LogP contribution in [0.25, 0.3) is 0 Å². The monoisotopic (exact) mass is 346 g/mol. The van der Waals surface area contributed by atoms with Crippen molar-refractivity contribution in [3.05, 3.63) is 35.2 Å². The minimum atomic E-state index is -3.51. The van der Waals surface area contributed by atoms with Crippen molar-refractivity contribution in [2.75, 3.05) is 5.75 Å². The van der Waals surface area contributed by atoms with Gasteiger partial charge in [0.15, 0.2) is 9.84 Å². The van der Waals surface area contributed by atoms with Crippen LogP contribution < -0.4 is 0 Å². The zero-order valence-electron chi connectivity index (χ0n) is 11.5. The summed E-state index contributed by atoms with van der Waals surface area (Å²) in [7, 11) is -3.51. The summed E-state index contributed by atoms with van der Waals surface area (Å²) in [4.78, 5) is 0.185. The van der Waals surface area contributed by atoms with Crippen molar-refractivity contribution in [3.63, 3.8) is 0 Å². The number of hydrogen-bond acceptors (Lipinski definition) is 6. The van der Waals surface area contributed by atoms with Gasteiger partial charge in [0.1, 0.15) is 5.75 Å². The molecule has 1 aromatic heterocycles. The molecule has 21 heavy (non-hydrogen) atoms. The molecule has 2 rings (SSSR count). The first-order valence-corrected chi connectivity index (χ1v) is 9.46. The van der Waals surface area contributed by atoms with Crippen molar-refractivity contribution in [1.82, 2.24) is 10.2 Å². The summed E-state index contributed by atoms with van der Waals surface area (Å²) >= 11 is 7.18. The lowest BCUT2D eigenvalue weighted by Crippen LogP contribution is -2.05. The van der Waals surface area contributed by atoms with E-state index in [2.05, 4.69) is 17.1 Å². The van der Waals surface area contributed by atoms with E-state index in [0.29, 0.717) is 10.2 Å². The predicted octanol–water partition coefficient (Wildman–Crippen LogP) is 3.59. The molecule has 0 saturated carbocycles. The van der Waals surface area contributed by atoms with E-state index >= 15 is 0 Å². The first-order valence-electron chi connectivity index (χ1n) is 6.45. The summed E-state index contributed by atoms with van der Waals surface area (Å²) in [6, 6.07) is 6.00. The third-order valence-electron chi connectivity index (χ3n) is 2.66. The topological polar surface area (TPSA) is 73.1 Å². The van der Waals surface area contributed by atoms with E-state index in [1.54, 1.807) is 0 Å². The van der Waals surface area contributed by atoms with Crippen LogP contribution in [0.2, 0.25) is 5.02 Å². The van der Waals surface area contributed by atoms with E-state index in [1.807, 2.05) is 0 Å². The number of halogens is 1. The summed E-state index contributed by atoms with van der Waals surface area (Å²) in [5.41, 5.74) is 0. The first-order chi connectivity index (χ1) is 10.0. The number of thioether (sulfide) groups is 1. The maximum atomic E-state index is 12.2. The van der Waals surface area contributed by atoms with Crippen LogP contribution >= 0.6 is 23.4 Å². The summed E-state index contributed by atoms with van der Waals surface area (Å²) in [5, 5.41) is 8.52. The maximum absolute atomic E-state index is 12.2. The third-order valence-corrected chi connectivity index (χ3v) is 5.43. The fraction of sp³-hybridized carbons (Fsp3) is 0.385. The second kappa shape index (κ2) is 7.29. The molecule has 0 unspecified atom stereocenters. The zero-order chi connectivity index (χ0) is 15.3. The number of unbranched alkanes of at least 4 members (excludes halogenated alkanes) is 1. The summed E-state index contributed by atoms with van der Waals surface area (Å²) in [6.45, 7) is 2.10. The highest BCUT2D eigenvalue weighted by atomic mass is 35.5. The molecule has 0 amide bonds. The summed E-state index contributed by atoms with van der Waals surface area (Å²) in [6.07, 6.45) is 2.13. The van der Waals surface area contributed by atoms with E-state index in [4.69, 9.17) is 16.0 Å². The molecule has 0 fully saturated rings. The van der Waals surface area contributed by atoms with Crippen molar-refractivity contribution in [3.8, 4) is 0 Å². The first kappa shape index (κ1) is 16.3. The SMILES string of the molecule is CCCCSc1nnc(CS(=O)(=O)c2ccc(Cl)cc2)o1. The molecule has 114 valence electrons. The standard InChI is InChI=1S/C13H15ClN2O3S2/c1-2-3-8-20-13-16-15-12(19-13)9-21(17,18)11-6-4-10(14)5-7-11/h4-7H,2-3,8-9H2,1H3. The molecule has 1 aromatic carbocycles. The molecule has 0 bridgehead atoms. The fourth-order valence-electron chi connectivity index (χ4n) is 1.55. The Hall–Kier alpha value is -1.05. The zero-order valence-corrected chi connectivity index (χ0v) is 13.8. The number of aromatic nitrogens is 2. The number of benzene rings is 1. The van der Waals surface area contributed by atoms with Crippen LogP contribution in [0.15, 0.2) is 38.8 Å². The molecule has 0 aliphatic carbocycles. The van der Waals surface area contributed by atoms with Crippen LogP contribution in [0.1, 0.15) is 25.7 Å². The molecule has 0 spiro atoms. The van der Waals surface area contributed by atoms with Gasteiger partial charge in [0.2, 0.25) is 5.89 Å². The van der Waals surface area contributed by atoms with Crippen molar-refractivity contribution < 1.29 is 12.8 Å². The van der Waals surface area contributed by atoms with Crippen molar-refractivity contribution in [2.45, 2.75) is 35.6 Å². The van der Waals surface area contributed by atoms with Gasteiger partial charge in [0.25, 0.3) is 5.22 Å². The van der Waals surface area contributed by atoms with Gasteiger partial charge < -0.3 is 4.42 Å². The minimum absolute atomic E-state index is 0.101. The Morgan fingerprint density at radius 2 is 1.95 bits per heavy atom. The van der Waals surface area contributed by atoms with Crippen LogP contribution in [0.3, 0.4) is 0 Å². The molecule has 0 saturated heterocycles. The predicted molar refractivity (Wildman–Crippen MR) is 82.3 cm³/mol. The van der Waals surface area contributed by atoms with Crippen LogP contribution in [-0.2, 0) is 15.6 Å². The Bertz CT molecular complexity index is 684. The second-order valence-corrected chi connectivity index (χ2v) is 7.85. The molecule has 8 heteroatoms. The molecule has 1 heterocycles. The normalized spacial score (nSPS) is 11.7. The van der Waals surface area contributed by atoms with Crippen LogP contribution in [0.5, 0.6) is 0 Å². The molecule has 0 atom stereocenters. The van der Waals surface area contributed by atoms with Gasteiger partial charge in [-0.2, -0.15) is 0 Å². The average Bonchev–Trinajstić information content (AvgIpc) is 2.86. The highest BCUT2D eigenvalue weighted by Crippen LogP contribution is 2.21. The van der Waals surface area contributed by atoms with Gasteiger partial charge in [0.05, 0.1) is 4.90 Å². The van der Waals surface area contributed by atoms with E-state index in [-0.39, 0.29) is 16.5 Å². The van der Waals surface area contributed by atoms with E-state index in [0.717, 1.165) is 18.6 Å². The third kappa shape index (κ3) is 4.72. The van der Waals surface area contributed by atoms with Crippen LogP contribution in [0.4, 0.5) is 0 Å². The van der Waals surface area contributed by atoms with E-state index in [1.165, 1.54) is 36.0 Å². The fourth-order valence-corrected chi connectivity index (χ4v) is 3.69. The summed E-state index contributed by atoms with van der Waals surface area (Å²) < 4.78 is 29.8. The van der Waals surface area contributed by atoms with E-state index in [9.17, 15) is 8.42 Å². The van der Waals surface area contributed by atoms with Gasteiger partial charge in [-0.15, -0.1) is 10.2 Å². The molecule has 0 aliphatic heterocycles. The van der Waals surface area contributed by atoms with E-state index < -0.39 is 9.84 Å². The molecular weight excluding hydrogens is 332 g/mol. The Kier molecular flexibility index (Phi) is 5.66. The van der Waals surface area contributed by atoms with Gasteiger partial charge in [-0.1, -0.05) is 36.7 Å². The second-order valence-electron chi connectivity index (χ2n) is 4.38. The summed E-state index contributed by atoms with van der Waals surface area (Å²) in [5.74, 6) is 0.668. The molecule has 0 N–H and O–H groups in total. The van der Waals surface area contributed by atoms with Gasteiger partial charge in [-0.05, 0) is 30.7 Å². The quantitative estimate of drug-likeness (QED) is 0.563. The smallest absolute Gasteiger partial charge is 0.276 e. The largest absolute Gasteiger partial charge is 0.415 e. The van der Waals surface area contributed by atoms with Gasteiger partial charge >= 0.3 is 0 Å². The lowest BCUT2D eigenvalue weighted by molar-refractivity contribution is 0.423. The minimum Gasteiger partial charge on any atom is -0.415 e. The van der Waals surface area contributed by atoms with Crippen LogP contribution in [-0.4, -0.2) is 24.4 Å². The van der Waals surface area contributed by atoms with Crippen molar-refractivity contribution >= 4 is 33.2 Å². The Morgan fingerprint density at radius 3 is 2.62 bits per heavy atom. The van der Waals surface area contributed by atoms with Gasteiger partial charge in [0, 0.05) is 10.8 Å². The molecule has 5 nitrogen and oxygen atoms in total. The van der Waals surface area contributed by atoms with Gasteiger partial charge in [-0.25, -0.2) is 8.42 Å². The molecular formula is C13H15ClN2O3S2. The number of nitrogens with zero attached hydrogens (tertiary/aromatic N) is 2. The maximum Gasteiger partial charge on any atom is 0.276 e. The highest BCUT2D eigenvalue weighted by molar-refractivity contribution is 7.99. The lowest BCUT2D eigenvalue weighted by atomic mass is 10.4. The molecule has 0 aliphatic rings. The average molecular weight is 347 g/mol. The van der Waals surface area contributed by atoms with Crippen molar-refractivity contribution in [1.29, 1.82) is 0 Å². The number of rotatable bonds is 7. The van der Waals surface area contributed by atoms with Crippen LogP contribution in [0, 0.1) is 0 Å².